The summed E-state index contributed by atoms with van der Waals surface area (Å²) in [5.41, 5.74) is 1.69. The second kappa shape index (κ2) is 6.73. The lowest BCUT2D eigenvalue weighted by Crippen LogP contribution is -2.03. The fourth-order valence-electron chi connectivity index (χ4n) is 1.92. The van der Waals surface area contributed by atoms with Crippen molar-refractivity contribution >= 4 is 0 Å². The molecule has 108 valence electrons. The maximum atomic E-state index is 9.78. The van der Waals surface area contributed by atoms with Crippen molar-refractivity contribution in [3.8, 4) is 17.6 Å². The van der Waals surface area contributed by atoms with E-state index in [0.717, 1.165) is 0 Å². The van der Waals surface area contributed by atoms with Gasteiger partial charge in [-0.05, 0) is 25.1 Å². The highest BCUT2D eigenvalue weighted by molar-refractivity contribution is 5.42. The Kier molecular flexibility index (Phi) is 4.75. The molecule has 0 aliphatic heterocycles. The van der Waals surface area contributed by atoms with Crippen molar-refractivity contribution in [3.63, 3.8) is 0 Å². The molecular weight excluding hydrogens is 268 g/mol. The third-order valence-electron chi connectivity index (χ3n) is 3.05. The minimum Gasteiger partial charge on any atom is -0.497 e. The minimum absolute atomic E-state index is 0.198. The lowest BCUT2D eigenvalue weighted by molar-refractivity contribution is 0.190. The highest BCUT2D eigenvalue weighted by atomic mass is 16.5. The first-order valence-electron chi connectivity index (χ1n) is 6.48. The van der Waals surface area contributed by atoms with Crippen molar-refractivity contribution in [2.24, 2.45) is 0 Å². The quantitative estimate of drug-likeness (QED) is 0.913. The lowest BCUT2D eigenvalue weighted by atomic mass is 10.1. The van der Waals surface area contributed by atoms with Gasteiger partial charge in [-0.3, -0.25) is 0 Å². The molecule has 1 N–H and O–H groups in total. The third-order valence-corrected chi connectivity index (χ3v) is 3.05. The first kappa shape index (κ1) is 14.8. The number of hydrogen-bond acceptors (Lipinski definition) is 5. The number of methoxy groups -OCH3 is 1. The van der Waals surface area contributed by atoms with Crippen LogP contribution in [0.25, 0.3) is 0 Å². The summed E-state index contributed by atoms with van der Waals surface area (Å²) in [7, 11) is 1.57. The molecule has 0 saturated heterocycles. The van der Waals surface area contributed by atoms with Crippen molar-refractivity contribution < 1.29 is 14.6 Å². The van der Waals surface area contributed by atoms with Crippen molar-refractivity contribution in [1.29, 1.82) is 5.26 Å². The van der Waals surface area contributed by atoms with Gasteiger partial charge in [0.05, 0.1) is 13.2 Å². The van der Waals surface area contributed by atoms with Crippen molar-refractivity contribution in [1.82, 2.24) is 4.98 Å². The topological polar surface area (TPSA) is 75.4 Å². The molecule has 0 spiro atoms. The summed E-state index contributed by atoms with van der Waals surface area (Å²) in [6.45, 7) is 1.86. The molecular formula is C16H16N2O3. The van der Waals surface area contributed by atoms with Crippen molar-refractivity contribution in [3.05, 3.63) is 53.3 Å². The second-order valence-electron chi connectivity index (χ2n) is 4.49. The standard InChI is InChI=1S/C16H16N2O3/c1-11(19)14-6-5-13(20-2)8-16(14)21-10-12-4-3-7-18-15(12)9-17/h3-8,11,19H,10H2,1-2H3/t11-/m1/s1. The number of nitriles is 1. The SMILES string of the molecule is COc1ccc([C@@H](C)O)c(OCc2cccnc2C#N)c1. The molecule has 1 heterocycles. The van der Waals surface area contributed by atoms with Crippen LogP contribution in [0.2, 0.25) is 0 Å². The van der Waals surface area contributed by atoms with Crippen LogP contribution in [-0.2, 0) is 6.61 Å². The van der Waals surface area contributed by atoms with Gasteiger partial charge < -0.3 is 14.6 Å². The van der Waals surface area contributed by atoms with E-state index in [1.165, 1.54) is 0 Å². The Morgan fingerprint density at radius 1 is 1.38 bits per heavy atom. The van der Waals surface area contributed by atoms with E-state index in [0.29, 0.717) is 28.3 Å². The Labute approximate surface area is 123 Å². The average molecular weight is 284 g/mol. The summed E-state index contributed by atoms with van der Waals surface area (Å²) in [6.07, 6.45) is 0.907. The molecule has 0 aliphatic rings. The smallest absolute Gasteiger partial charge is 0.147 e. The van der Waals surface area contributed by atoms with E-state index in [9.17, 15) is 5.11 Å². The van der Waals surface area contributed by atoms with Gasteiger partial charge in [-0.25, -0.2) is 4.98 Å². The molecule has 0 unspecified atom stereocenters. The monoisotopic (exact) mass is 284 g/mol. The highest BCUT2D eigenvalue weighted by Crippen LogP contribution is 2.30. The number of ether oxygens (including phenoxy) is 2. The van der Waals surface area contributed by atoms with E-state index in [1.807, 2.05) is 6.07 Å². The van der Waals surface area contributed by atoms with E-state index in [1.54, 1.807) is 50.6 Å². The van der Waals surface area contributed by atoms with Gasteiger partial charge in [0.25, 0.3) is 0 Å². The summed E-state index contributed by atoms with van der Waals surface area (Å²) in [6, 6.07) is 10.8. The first-order valence-corrected chi connectivity index (χ1v) is 6.48. The summed E-state index contributed by atoms with van der Waals surface area (Å²) in [4.78, 5) is 3.99. The summed E-state index contributed by atoms with van der Waals surface area (Å²) in [5.74, 6) is 1.16. The predicted molar refractivity (Wildman–Crippen MR) is 76.9 cm³/mol. The normalized spacial score (nSPS) is 11.5. The molecule has 1 atom stereocenters. The van der Waals surface area contributed by atoms with Crippen LogP contribution in [0, 0.1) is 11.3 Å². The Balaban J connectivity index is 2.25. The maximum absolute atomic E-state index is 9.78. The molecule has 0 aliphatic carbocycles. The van der Waals surface area contributed by atoms with E-state index in [4.69, 9.17) is 14.7 Å². The average Bonchev–Trinajstić information content (AvgIpc) is 2.52. The Morgan fingerprint density at radius 2 is 2.19 bits per heavy atom. The number of nitrogens with zero attached hydrogens (tertiary/aromatic N) is 2. The molecule has 0 amide bonds. The molecule has 1 aromatic carbocycles. The van der Waals surface area contributed by atoms with Crippen LogP contribution >= 0.6 is 0 Å². The molecule has 0 bridgehead atoms. The molecule has 0 radical (unpaired) electrons. The largest absolute Gasteiger partial charge is 0.497 e. The Morgan fingerprint density at radius 3 is 2.86 bits per heavy atom. The van der Waals surface area contributed by atoms with E-state index >= 15 is 0 Å². The zero-order chi connectivity index (χ0) is 15.2. The fourth-order valence-corrected chi connectivity index (χ4v) is 1.92. The molecule has 2 rings (SSSR count). The van der Waals surface area contributed by atoms with Gasteiger partial charge in [0.2, 0.25) is 0 Å². The zero-order valence-electron chi connectivity index (χ0n) is 11.9. The predicted octanol–water partition coefficient (Wildman–Crippen LogP) is 2.59. The van der Waals surface area contributed by atoms with Crippen LogP contribution in [0.4, 0.5) is 0 Å². The summed E-state index contributed by atoms with van der Waals surface area (Å²) in [5, 5.41) is 18.8. The summed E-state index contributed by atoms with van der Waals surface area (Å²) >= 11 is 0. The van der Waals surface area contributed by atoms with Crippen molar-refractivity contribution in [2.75, 3.05) is 7.11 Å². The van der Waals surface area contributed by atoms with E-state index in [2.05, 4.69) is 4.98 Å². The van der Waals surface area contributed by atoms with Crippen LogP contribution in [-0.4, -0.2) is 17.2 Å². The fraction of sp³-hybridized carbons (Fsp3) is 0.250. The highest BCUT2D eigenvalue weighted by Gasteiger charge is 2.12. The number of rotatable bonds is 5. The number of aliphatic hydroxyl groups excluding tert-OH is 1. The molecule has 2 aromatic rings. The third kappa shape index (κ3) is 3.50. The van der Waals surface area contributed by atoms with Crippen molar-refractivity contribution in [2.45, 2.75) is 19.6 Å². The minimum atomic E-state index is -0.657. The molecule has 0 saturated carbocycles. The van der Waals surface area contributed by atoms with Gasteiger partial charge in [0.15, 0.2) is 0 Å². The van der Waals surface area contributed by atoms with Gasteiger partial charge in [-0.2, -0.15) is 5.26 Å². The second-order valence-corrected chi connectivity index (χ2v) is 4.49. The summed E-state index contributed by atoms with van der Waals surface area (Å²) < 4.78 is 10.9. The zero-order valence-corrected chi connectivity index (χ0v) is 11.9. The van der Waals surface area contributed by atoms with Gasteiger partial charge in [-0.1, -0.05) is 6.07 Å². The van der Waals surface area contributed by atoms with Gasteiger partial charge in [-0.15, -0.1) is 0 Å². The number of aliphatic hydroxyl groups is 1. The van der Waals surface area contributed by atoms with Crippen LogP contribution in [0.15, 0.2) is 36.5 Å². The van der Waals surface area contributed by atoms with Gasteiger partial charge in [0.1, 0.15) is 29.9 Å². The lowest BCUT2D eigenvalue weighted by Gasteiger charge is -2.15. The van der Waals surface area contributed by atoms with E-state index < -0.39 is 6.10 Å². The van der Waals surface area contributed by atoms with E-state index in [-0.39, 0.29) is 6.61 Å². The van der Waals surface area contributed by atoms with Gasteiger partial charge in [0, 0.05) is 23.4 Å². The number of hydrogen-bond donors (Lipinski definition) is 1. The molecule has 5 nitrogen and oxygen atoms in total. The first-order chi connectivity index (χ1) is 10.2. The Hall–Kier alpha value is -2.58. The van der Waals surface area contributed by atoms with Gasteiger partial charge >= 0.3 is 0 Å². The van der Waals surface area contributed by atoms with Crippen LogP contribution in [0.3, 0.4) is 0 Å². The number of benzene rings is 1. The molecule has 21 heavy (non-hydrogen) atoms. The maximum Gasteiger partial charge on any atom is 0.147 e. The number of aromatic nitrogens is 1. The Bertz CT molecular complexity index is 663. The van der Waals surface area contributed by atoms with Crippen LogP contribution in [0.1, 0.15) is 29.8 Å². The molecule has 0 fully saturated rings. The molecule has 5 heteroatoms. The van der Waals surface area contributed by atoms with Crippen LogP contribution < -0.4 is 9.47 Å². The number of pyridine rings is 1. The van der Waals surface area contributed by atoms with Crippen LogP contribution in [0.5, 0.6) is 11.5 Å². The molecule has 1 aromatic heterocycles.